The molecule has 1 fully saturated rings. The van der Waals surface area contributed by atoms with Crippen LogP contribution in [0.1, 0.15) is 31.2 Å². The van der Waals surface area contributed by atoms with Crippen molar-refractivity contribution >= 4 is 5.69 Å². The molecule has 1 heterocycles. The van der Waals surface area contributed by atoms with Crippen molar-refractivity contribution in [3.63, 3.8) is 0 Å². The van der Waals surface area contributed by atoms with Crippen molar-refractivity contribution < 1.29 is 0 Å². The molecule has 0 saturated heterocycles. The molecule has 1 aliphatic carbocycles. The number of hydrogen-bond acceptors (Lipinski definition) is 3. The lowest BCUT2D eigenvalue weighted by molar-refractivity contribution is 0.232. The van der Waals surface area contributed by atoms with Gasteiger partial charge in [-0.1, -0.05) is 31.0 Å². The molecule has 2 aliphatic rings. The van der Waals surface area contributed by atoms with Crippen molar-refractivity contribution in [1.82, 2.24) is 0 Å². The van der Waals surface area contributed by atoms with Crippen molar-refractivity contribution in [2.75, 3.05) is 11.9 Å². The van der Waals surface area contributed by atoms with Crippen LogP contribution in [0.15, 0.2) is 24.3 Å². The van der Waals surface area contributed by atoms with E-state index in [4.69, 9.17) is 0 Å². The van der Waals surface area contributed by atoms with E-state index < -0.39 is 5.41 Å². The van der Waals surface area contributed by atoms with Gasteiger partial charge in [0.05, 0.1) is 17.7 Å². The Hall–Kier alpha value is -2.00. The smallest absolute Gasteiger partial charge is 0.170 e. The largest absolute Gasteiger partial charge is 0.366 e. The minimum Gasteiger partial charge on any atom is -0.366 e. The fourth-order valence-corrected chi connectivity index (χ4v) is 3.99. The highest BCUT2D eigenvalue weighted by Crippen LogP contribution is 2.54. The average molecular weight is 251 g/mol. The first-order chi connectivity index (χ1) is 9.19. The van der Waals surface area contributed by atoms with Crippen LogP contribution in [0.4, 0.5) is 5.69 Å². The fraction of sp³-hybridized carbons (Fsp3) is 0.500. The second kappa shape index (κ2) is 4.00. The van der Waals surface area contributed by atoms with Crippen molar-refractivity contribution in [3.05, 3.63) is 29.8 Å². The third-order valence-corrected chi connectivity index (χ3v) is 5.06. The predicted octanol–water partition coefficient (Wildman–Crippen LogP) is 3.03. The van der Waals surface area contributed by atoms with Gasteiger partial charge in [0.15, 0.2) is 5.41 Å². The number of anilines is 1. The SMILES string of the molecule is CN1c2ccccc2CC(C#N)(C#N)C12CCCC2. The van der Waals surface area contributed by atoms with Gasteiger partial charge in [-0.05, 0) is 24.5 Å². The summed E-state index contributed by atoms with van der Waals surface area (Å²) in [6.07, 6.45) is 4.66. The van der Waals surface area contributed by atoms with Crippen molar-refractivity contribution in [2.24, 2.45) is 5.41 Å². The Balaban J connectivity index is 2.23. The molecule has 3 rings (SSSR count). The van der Waals surface area contributed by atoms with Crippen LogP contribution in [-0.2, 0) is 6.42 Å². The topological polar surface area (TPSA) is 50.8 Å². The summed E-state index contributed by atoms with van der Waals surface area (Å²) in [7, 11) is 2.05. The van der Waals surface area contributed by atoms with Gasteiger partial charge in [0, 0.05) is 19.2 Å². The summed E-state index contributed by atoms with van der Waals surface area (Å²) in [5.74, 6) is 0. The maximum absolute atomic E-state index is 9.71. The highest BCUT2D eigenvalue weighted by molar-refractivity contribution is 5.62. The molecule has 1 saturated carbocycles. The van der Waals surface area contributed by atoms with Crippen LogP contribution in [0.5, 0.6) is 0 Å². The molecule has 0 N–H and O–H groups in total. The average Bonchev–Trinajstić information content (AvgIpc) is 2.94. The minimum absolute atomic E-state index is 0.301. The summed E-state index contributed by atoms with van der Waals surface area (Å²) in [4.78, 5) is 2.21. The van der Waals surface area contributed by atoms with E-state index in [1.165, 1.54) is 5.69 Å². The van der Waals surface area contributed by atoms with E-state index in [2.05, 4.69) is 23.1 Å². The molecule has 1 aliphatic heterocycles. The van der Waals surface area contributed by atoms with Crippen LogP contribution >= 0.6 is 0 Å². The van der Waals surface area contributed by atoms with Gasteiger partial charge >= 0.3 is 0 Å². The summed E-state index contributed by atoms with van der Waals surface area (Å²) in [5, 5.41) is 19.4. The highest BCUT2D eigenvalue weighted by atomic mass is 15.2. The Morgan fingerprint density at radius 3 is 2.37 bits per heavy atom. The van der Waals surface area contributed by atoms with Crippen LogP contribution in [-0.4, -0.2) is 12.6 Å². The number of nitrogens with zero attached hydrogens (tertiary/aromatic N) is 3. The zero-order chi connectivity index (χ0) is 13.5. The molecule has 1 spiro atoms. The van der Waals surface area contributed by atoms with E-state index in [1.807, 2.05) is 25.2 Å². The van der Waals surface area contributed by atoms with Gasteiger partial charge in [-0.25, -0.2) is 0 Å². The Kier molecular flexibility index (Phi) is 2.54. The quantitative estimate of drug-likeness (QED) is 0.712. The molecule has 0 atom stereocenters. The van der Waals surface area contributed by atoms with Gasteiger partial charge in [0.2, 0.25) is 0 Å². The Morgan fingerprint density at radius 2 is 1.74 bits per heavy atom. The van der Waals surface area contributed by atoms with E-state index in [0.29, 0.717) is 6.42 Å². The second-order valence-electron chi connectivity index (χ2n) is 5.73. The molecule has 96 valence electrons. The molecule has 0 unspecified atom stereocenters. The van der Waals surface area contributed by atoms with Gasteiger partial charge in [0.25, 0.3) is 0 Å². The standard InChI is InChI=1S/C16H17N3/c1-19-14-7-3-2-6-13(14)10-15(11-17,12-18)16(19)8-4-5-9-16/h2-3,6-7H,4-5,8-10H2,1H3. The summed E-state index contributed by atoms with van der Waals surface area (Å²) in [6, 6.07) is 12.9. The van der Waals surface area contributed by atoms with E-state index in [0.717, 1.165) is 31.2 Å². The third-order valence-electron chi connectivity index (χ3n) is 5.06. The van der Waals surface area contributed by atoms with Crippen molar-refractivity contribution in [1.29, 1.82) is 10.5 Å². The molecule has 3 nitrogen and oxygen atoms in total. The van der Waals surface area contributed by atoms with Crippen LogP contribution < -0.4 is 4.90 Å². The molecule has 19 heavy (non-hydrogen) atoms. The number of hydrogen-bond donors (Lipinski definition) is 0. The Bertz CT molecular complexity index is 571. The maximum atomic E-state index is 9.71. The van der Waals surface area contributed by atoms with Crippen LogP contribution in [0, 0.1) is 28.1 Å². The zero-order valence-corrected chi connectivity index (χ0v) is 11.2. The fourth-order valence-electron chi connectivity index (χ4n) is 3.99. The van der Waals surface area contributed by atoms with E-state index in [9.17, 15) is 10.5 Å². The molecule has 3 heteroatoms. The molecule has 0 bridgehead atoms. The summed E-state index contributed by atoms with van der Waals surface area (Å²) in [6.45, 7) is 0. The maximum Gasteiger partial charge on any atom is 0.170 e. The van der Waals surface area contributed by atoms with Gasteiger partial charge in [-0.3, -0.25) is 0 Å². The normalized spacial score (nSPS) is 22.6. The summed E-state index contributed by atoms with van der Waals surface area (Å²) >= 11 is 0. The van der Waals surface area contributed by atoms with E-state index in [1.54, 1.807) is 0 Å². The second-order valence-corrected chi connectivity index (χ2v) is 5.73. The lowest BCUT2D eigenvalue weighted by atomic mass is 9.63. The molecule has 1 aromatic rings. The van der Waals surface area contributed by atoms with Crippen molar-refractivity contribution in [3.8, 4) is 12.1 Å². The zero-order valence-electron chi connectivity index (χ0n) is 11.2. The Morgan fingerprint density at radius 1 is 1.11 bits per heavy atom. The predicted molar refractivity (Wildman–Crippen MR) is 73.4 cm³/mol. The van der Waals surface area contributed by atoms with Gasteiger partial charge < -0.3 is 4.90 Å². The van der Waals surface area contributed by atoms with Crippen LogP contribution in [0.25, 0.3) is 0 Å². The van der Waals surface area contributed by atoms with Crippen LogP contribution in [0.2, 0.25) is 0 Å². The third kappa shape index (κ3) is 1.36. The molecular formula is C16H17N3. The number of nitriles is 2. The number of rotatable bonds is 0. The van der Waals surface area contributed by atoms with Gasteiger partial charge in [-0.2, -0.15) is 10.5 Å². The van der Waals surface area contributed by atoms with Crippen LogP contribution in [0.3, 0.4) is 0 Å². The van der Waals surface area contributed by atoms with E-state index in [-0.39, 0.29) is 5.54 Å². The molecule has 1 aromatic carbocycles. The minimum atomic E-state index is -0.910. The lowest BCUT2D eigenvalue weighted by Gasteiger charge is -2.51. The van der Waals surface area contributed by atoms with Crippen molar-refractivity contribution in [2.45, 2.75) is 37.6 Å². The number of fused-ring (bicyclic) bond motifs is 1. The lowest BCUT2D eigenvalue weighted by Crippen LogP contribution is -2.60. The number of benzene rings is 1. The van der Waals surface area contributed by atoms with Gasteiger partial charge in [0.1, 0.15) is 0 Å². The van der Waals surface area contributed by atoms with E-state index >= 15 is 0 Å². The molecule has 0 aromatic heterocycles. The van der Waals surface area contributed by atoms with Gasteiger partial charge in [-0.15, -0.1) is 0 Å². The highest BCUT2D eigenvalue weighted by Gasteiger charge is 2.59. The summed E-state index contributed by atoms with van der Waals surface area (Å²) in [5.41, 5.74) is 1.09. The monoisotopic (exact) mass is 251 g/mol. The Labute approximate surface area is 114 Å². The molecule has 0 amide bonds. The first-order valence-corrected chi connectivity index (χ1v) is 6.83. The first-order valence-electron chi connectivity index (χ1n) is 6.83. The molecule has 0 radical (unpaired) electrons. The molecular weight excluding hydrogens is 234 g/mol. The summed E-state index contributed by atoms with van der Waals surface area (Å²) < 4.78 is 0. The first kappa shape index (κ1) is 12.1. The number of para-hydroxylation sites is 1.